The van der Waals surface area contributed by atoms with Crippen molar-refractivity contribution < 1.29 is 23.5 Å². The molecule has 106 valence electrons. The first kappa shape index (κ1) is 14.6. The minimum Gasteiger partial charge on any atom is -0.462 e. The quantitative estimate of drug-likeness (QED) is 0.796. The molecule has 1 aromatic carbocycles. The number of hydrogen-bond donors (Lipinski definition) is 0. The summed E-state index contributed by atoms with van der Waals surface area (Å²) in [5, 5.41) is 0.515. The smallest absolute Gasteiger partial charge is 0.375 e. The third kappa shape index (κ3) is 2.70. The number of esters is 2. The first-order valence-corrected chi connectivity index (χ1v) is 6.94. The maximum absolute atomic E-state index is 12.1. The minimum atomic E-state index is -0.678. The van der Waals surface area contributed by atoms with Gasteiger partial charge in [0.15, 0.2) is 0 Å². The van der Waals surface area contributed by atoms with Crippen LogP contribution in [0.1, 0.15) is 34.8 Å². The van der Waals surface area contributed by atoms with Gasteiger partial charge in [-0.05, 0) is 32.0 Å². The minimum absolute atomic E-state index is 0.0987. The van der Waals surface area contributed by atoms with Gasteiger partial charge >= 0.3 is 11.9 Å². The van der Waals surface area contributed by atoms with Crippen LogP contribution >= 0.6 is 15.9 Å². The molecular weight excluding hydrogens is 328 g/mol. The Balaban J connectivity index is 2.63. The number of fused-ring (bicyclic) bond motifs is 1. The van der Waals surface area contributed by atoms with Crippen LogP contribution in [0.4, 0.5) is 0 Å². The summed E-state index contributed by atoms with van der Waals surface area (Å²) in [6.45, 7) is 3.78. The molecule has 0 aliphatic carbocycles. The monoisotopic (exact) mass is 340 g/mol. The number of hydrogen-bond acceptors (Lipinski definition) is 5. The predicted molar refractivity (Wildman–Crippen MR) is 75.8 cm³/mol. The Labute approximate surface area is 124 Å². The van der Waals surface area contributed by atoms with E-state index in [-0.39, 0.29) is 24.5 Å². The number of halogens is 1. The van der Waals surface area contributed by atoms with Gasteiger partial charge in [-0.25, -0.2) is 9.59 Å². The standard InChI is InChI=1S/C14H13BrO5/c1-3-18-13(16)11-9-7-8(15)5-6-10(9)20-12(11)14(17)19-4-2/h5-7H,3-4H2,1-2H3. The molecule has 2 rings (SSSR count). The van der Waals surface area contributed by atoms with Gasteiger partial charge in [0.2, 0.25) is 5.76 Å². The molecule has 6 heteroatoms. The molecule has 0 spiro atoms. The maximum Gasteiger partial charge on any atom is 0.375 e. The number of carbonyl (C=O) groups excluding carboxylic acids is 2. The summed E-state index contributed by atoms with van der Waals surface area (Å²) in [6, 6.07) is 5.13. The van der Waals surface area contributed by atoms with Crippen molar-refractivity contribution in [3.63, 3.8) is 0 Å². The van der Waals surface area contributed by atoms with Crippen molar-refractivity contribution in [2.45, 2.75) is 13.8 Å². The van der Waals surface area contributed by atoms with E-state index in [2.05, 4.69) is 15.9 Å². The fourth-order valence-corrected chi connectivity index (χ4v) is 2.18. The third-order valence-electron chi connectivity index (χ3n) is 2.59. The Morgan fingerprint density at radius 1 is 1.15 bits per heavy atom. The zero-order valence-electron chi connectivity index (χ0n) is 11.1. The van der Waals surface area contributed by atoms with Crippen LogP contribution in [0.5, 0.6) is 0 Å². The van der Waals surface area contributed by atoms with Gasteiger partial charge in [-0.15, -0.1) is 0 Å². The summed E-state index contributed by atoms with van der Waals surface area (Å²) in [6.07, 6.45) is 0. The van der Waals surface area contributed by atoms with E-state index < -0.39 is 11.9 Å². The number of benzene rings is 1. The van der Waals surface area contributed by atoms with Gasteiger partial charge in [-0.2, -0.15) is 0 Å². The first-order valence-electron chi connectivity index (χ1n) is 6.14. The van der Waals surface area contributed by atoms with Gasteiger partial charge < -0.3 is 13.9 Å². The Morgan fingerprint density at radius 3 is 2.45 bits per heavy atom. The highest BCUT2D eigenvalue weighted by Gasteiger charge is 2.27. The van der Waals surface area contributed by atoms with Crippen molar-refractivity contribution in [1.82, 2.24) is 0 Å². The van der Waals surface area contributed by atoms with E-state index in [0.29, 0.717) is 11.0 Å². The van der Waals surface area contributed by atoms with E-state index in [1.165, 1.54) is 0 Å². The first-order chi connectivity index (χ1) is 9.58. The summed E-state index contributed by atoms with van der Waals surface area (Å²) >= 11 is 3.32. The van der Waals surface area contributed by atoms with Crippen LogP contribution in [-0.4, -0.2) is 25.2 Å². The fourth-order valence-electron chi connectivity index (χ4n) is 1.82. The number of carbonyl (C=O) groups is 2. The molecule has 20 heavy (non-hydrogen) atoms. The maximum atomic E-state index is 12.1. The molecule has 1 heterocycles. The summed E-state index contributed by atoms with van der Waals surface area (Å²) in [7, 11) is 0. The second-order valence-electron chi connectivity index (χ2n) is 3.89. The molecule has 0 saturated carbocycles. The zero-order chi connectivity index (χ0) is 14.7. The molecule has 0 aliphatic heterocycles. The third-order valence-corrected chi connectivity index (χ3v) is 3.08. The van der Waals surface area contributed by atoms with Crippen LogP contribution < -0.4 is 0 Å². The van der Waals surface area contributed by atoms with Gasteiger partial charge in [-0.3, -0.25) is 0 Å². The van der Waals surface area contributed by atoms with Crippen LogP contribution in [0.25, 0.3) is 11.0 Å². The summed E-state index contributed by atoms with van der Waals surface area (Å²) < 4.78 is 16.1. The second-order valence-corrected chi connectivity index (χ2v) is 4.80. The van der Waals surface area contributed by atoms with Crippen LogP contribution in [0.2, 0.25) is 0 Å². The van der Waals surface area contributed by atoms with E-state index in [1.54, 1.807) is 32.0 Å². The fraction of sp³-hybridized carbons (Fsp3) is 0.286. The molecule has 0 unspecified atom stereocenters. The molecule has 0 N–H and O–H groups in total. The number of rotatable bonds is 4. The van der Waals surface area contributed by atoms with E-state index in [4.69, 9.17) is 13.9 Å². The van der Waals surface area contributed by atoms with E-state index >= 15 is 0 Å². The molecule has 1 aromatic heterocycles. The molecule has 0 bridgehead atoms. The van der Waals surface area contributed by atoms with Crippen LogP contribution in [-0.2, 0) is 9.47 Å². The number of furan rings is 1. The van der Waals surface area contributed by atoms with Crippen molar-refractivity contribution >= 4 is 38.8 Å². The highest BCUT2D eigenvalue weighted by Crippen LogP contribution is 2.30. The molecule has 5 nitrogen and oxygen atoms in total. The van der Waals surface area contributed by atoms with Gasteiger partial charge in [0.1, 0.15) is 11.1 Å². The van der Waals surface area contributed by atoms with E-state index in [0.717, 1.165) is 4.47 Å². The van der Waals surface area contributed by atoms with E-state index in [1.807, 2.05) is 0 Å². The van der Waals surface area contributed by atoms with Crippen molar-refractivity contribution in [3.8, 4) is 0 Å². The summed E-state index contributed by atoms with van der Waals surface area (Å²) in [5.41, 5.74) is 0.529. The van der Waals surface area contributed by atoms with Crippen LogP contribution in [0.15, 0.2) is 27.1 Å². The largest absolute Gasteiger partial charge is 0.462 e. The lowest BCUT2D eigenvalue weighted by molar-refractivity contribution is 0.0454. The predicted octanol–water partition coefficient (Wildman–Crippen LogP) is 3.55. The van der Waals surface area contributed by atoms with Crippen molar-refractivity contribution in [2.75, 3.05) is 13.2 Å². The van der Waals surface area contributed by atoms with Crippen LogP contribution in [0.3, 0.4) is 0 Å². The Kier molecular flexibility index (Phi) is 4.44. The highest BCUT2D eigenvalue weighted by atomic mass is 79.9. The molecule has 0 saturated heterocycles. The molecule has 0 radical (unpaired) electrons. The Hall–Kier alpha value is -1.82. The van der Waals surface area contributed by atoms with E-state index in [9.17, 15) is 9.59 Å². The average Bonchev–Trinajstić information content (AvgIpc) is 2.77. The van der Waals surface area contributed by atoms with Gasteiger partial charge in [0.05, 0.1) is 13.2 Å². The SMILES string of the molecule is CCOC(=O)c1oc2ccc(Br)cc2c1C(=O)OCC. The molecular formula is C14H13BrO5. The Morgan fingerprint density at radius 2 is 1.80 bits per heavy atom. The summed E-state index contributed by atoms with van der Waals surface area (Å²) in [4.78, 5) is 23.9. The van der Waals surface area contributed by atoms with Gasteiger partial charge in [0.25, 0.3) is 0 Å². The van der Waals surface area contributed by atoms with Crippen molar-refractivity contribution in [1.29, 1.82) is 0 Å². The molecule has 0 amide bonds. The normalized spacial score (nSPS) is 10.6. The van der Waals surface area contributed by atoms with Gasteiger partial charge in [-0.1, -0.05) is 15.9 Å². The molecule has 2 aromatic rings. The van der Waals surface area contributed by atoms with Crippen molar-refractivity contribution in [2.24, 2.45) is 0 Å². The molecule has 0 fully saturated rings. The number of ether oxygens (including phenoxy) is 2. The van der Waals surface area contributed by atoms with Crippen LogP contribution in [0, 0.1) is 0 Å². The topological polar surface area (TPSA) is 65.7 Å². The zero-order valence-corrected chi connectivity index (χ0v) is 12.7. The lowest BCUT2D eigenvalue weighted by atomic mass is 10.1. The highest BCUT2D eigenvalue weighted by molar-refractivity contribution is 9.10. The van der Waals surface area contributed by atoms with Gasteiger partial charge in [0, 0.05) is 9.86 Å². The second kappa shape index (κ2) is 6.09. The molecule has 0 atom stereocenters. The lowest BCUT2D eigenvalue weighted by Crippen LogP contribution is -2.12. The average molecular weight is 341 g/mol. The molecule has 0 aliphatic rings. The lowest BCUT2D eigenvalue weighted by Gasteiger charge is -2.03. The Bertz CT molecular complexity index is 659. The van der Waals surface area contributed by atoms with Crippen molar-refractivity contribution in [3.05, 3.63) is 34.0 Å². The summed E-state index contributed by atoms with van der Waals surface area (Å²) in [5.74, 6) is -1.41.